The molecule has 0 bridgehead atoms. The number of likely N-dealkylation sites (N-methyl/N-ethyl adjacent to an activating group) is 1. The van der Waals surface area contributed by atoms with Crippen LogP contribution in [0.1, 0.15) is 11.6 Å². The van der Waals surface area contributed by atoms with E-state index in [1.54, 1.807) is 12.0 Å². The summed E-state index contributed by atoms with van der Waals surface area (Å²) in [4.78, 5) is 16.1. The number of hydrogen-bond acceptors (Lipinski definition) is 5. The zero-order valence-electron chi connectivity index (χ0n) is 13.7. The predicted molar refractivity (Wildman–Crippen MR) is 87.8 cm³/mol. The van der Waals surface area contributed by atoms with Crippen LogP contribution in [0.4, 0.5) is 0 Å². The van der Waals surface area contributed by atoms with Crippen molar-refractivity contribution in [3.63, 3.8) is 0 Å². The number of methoxy groups -OCH3 is 1. The number of amides is 1. The van der Waals surface area contributed by atoms with E-state index in [1.165, 1.54) is 0 Å². The molecular formula is C15H23N3O4S. The van der Waals surface area contributed by atoms with Crippen molar-refractivity contribution in [1.82, 2.24) is 14.5 Å². The summed E-state index contributed by atoms with van der Waals surface area (Å²) < 4.78 is 29.6. The third kappa shape index (κ3) is 4.92. The lowest BCUT2D eigenvalue weighted by atomic mass is 10.0. The minimum Gasteiger partial charge on any atom is -0.497 e. The fourth-order valence-electron chi connectivity index (χ4n) is 2.59. The highest BCUT2D eigenvalue weighted by atomic mass is 32.2. The van der Waals surface area contributed by atoms with Crippen molar-refractivity contribution in [2.45, 2.75) is 6.04 Å². The highest BCUT2D eigenvalue weighted by molar-refractivity contribution is 7.88. The molecule has 128 valence electrons. The van der Waals surface area contributed by atoms with Crippen LogP contribution in [0.3, 0.4) is 0 Å². The second-order valence-electron chi connectivity index (χ2n) is 5.70. The van der Waals surface area contributed by atoms with Gasteiger partial charge in [0.2, 0.25) is 15.9 Å². The maximum atomic E-state index is 12.2. The largest absolute Gasteiger partial charge is 0.497 e. The summed E-state index contributed by atoms with van der Waals surface area (Å²) in [5, 5.41) is 0. The van der Waals surface area contributed by atoms with Gasteiger partial charge in [-0.25, -0.2) is 13.1 Å². The van der Waals surface area contributed by atoms with E-state index < -0.39 is 10.0 Å². The number of piperazine rings is 1. The Morgan fingerprint density at radius 3 is 2.52 bits per heavy atom. The summed E-state index contributed by atoms with van der Waals surface area (Å²) in [7, 11) is 0.277. The molecule has 23 heavy (non-hydrogen) atoms. The van der Waals surface area contributed by atoms with E-state index >= 15 is 0 Å². The van der Waals surface area contributed by atoms with Crippen molar-refractivity contribution < 1.29 is 17.9 Å². The Bertz CT molecular complexity index is 645. The van der Waals surface area contributed by atoms with E-state index in [4.69, 9.17) is 4.74 Å². The minimum atomic E-state index is -3.36. The van der Waals surface area contributed by atoms with E-state index in [9.17, 15) is 13.2 Å². The van der Waals surface area contributed by atoms with Gasteiger partial charge < -0.3 is 9.64 Å². The van der Waals surface area contributed by atoms with Crippen LogP contribution in [-0.4, -0.2) is 70.7 Å². The van der Waals surface area contributed by atoms with E-state index in [0.29, 0.717) is 13.1 Å². The summed E-state index contributed by atoms with van der Waals surface area (Å²) >= 11 is 0. The van der Waals surface area contributed by atoms with Crippen LogP contribution in [-0.2, 0) is 14.8 Å². The molecule has 7 nitrogen and oxygen atoms in total. The smallest absolute Gasteiger partial charge is 0.237 e. The third-order valence-electron chi connectivity index (χ3n) is 3.99. The molecule has 1 aromatic carbocycles. The van der Waals surface area contributed by atoms with Gasteiger partial charge in [0.25, 0.3) is 0 Å². The Hall–Kier alpha value is -1.64. The Kier molecular flexibility index (Phi) is 5.61. The molecule has 1 saturated heterocycles. The van der Waals surface area contributed by atoms with Gasteiger partial charge in [0, 0.05) is 19.6 Å². The summed E-state index contributed by atoms with van der Waals surface area (Å²) in [6, 6.07) is 7.85. The van der Waals surface area contributed by atoms with Gasteiger partial charge in [-0.05, 0) is 24.7 Å². The average molecular weight is 341 g/mol. The van der Waals surface area contributed by atoms with E-state index in [2.05, 4.69) is 9.62 Å². The van der Waals surface area contributed by atoms with Crippen molar-refractivity contribution in [3.8, 4) is 5.75 Å². The first kappa shape index (κ1) is 17.7. The average Bonchev–Trinajstić information content (AvgIpc) is 2.52. The maximum Gasteiger partial charge on any atom is 0.237 e. The zero-order valence-corrected chi connectivity index (χ0v) is 14.5. The number of nitrogens with one attached hydrogen (secondary N) is 1. The molecule has 0 spiro atoms. The van der Waals surface area contributed by atoms with Crippen LogP contribution >= 0.6 is 0 Å². The fraction of sp³-hybridized carbons (Fsp3) is 0.533. The van der Waals surface area contributed by atoms with E-state index in [1.807, 2.05) is 31.3 Å². The molecule has 2 rings (SSSR count). The number of hydrogen-bond donors (Lipinski definition) is 1. The maximum absolute atomic E-state index is 12.2. The molecule has 1 aliphatic rings. The molecule has 0 unspecified atom stereocenters. The Labute approximate surface area is 137 Å². The summed E-state index contributed by atoms with van der Waals surface area (Å²) in [6.45, 7) is 1.67. The monoisotopic (exact) mass is 341 g/mol. The van der Waals surface area contributed by atoms with Crippen LogP contribution in [0, 0.1) is 0 Å². The standard InChI is InChI=1S/C15H23N3O4S/c1-17-8-9-18(15(19)10-16-23(3,20)21)11-14(17)12-4-6-13(22-2)7-5-12/h4-7,14,16H,8-11H2,1-3H3/t14-/m1/s1. The number of carbonyl (C=O) groups excluding carboxylic acids is 1. The molecule has 1 amide bonds. The summed E-state index contributed by atoms with van der Waals surface area (Å²) in [5.74, 6) is 0.583. The first-order valence-electron chi connectivity index (χ1n) is 7.37. The minimum absolute atomic E-state index is 0.0804. The Morgan fingerprint density at radius 1 is 1.30 bits per heavy atom. The van der Waals surface area contributed by atoms with Gasteiger partial charge in [0.1, 0.15) is 5.75 Å². The molecule has 1 aromatic rings. The molecular weight excluding hydrogens is 318 g/mol. The predicted octanol–water partition coefficient (Wildman–Crippen LogP) is 0.0595. The fourth-order valence-corrected chi connectivity index (χ4v) is 2.98. The number of sulfonamides is 1. The summed E-state index contributed by atoms with van der Waals surface area (Å²) in [5.41, 5.74) is 1.10. The van der Waals surface area contributed by atoms with E-state index in [-0.39, 0.29) is 18.5 Å². The van der Waals surface area contributed by atoms with Gasteiger partial charge in [-0.2, -0.15) is 0 Å². The van der Waals surface area contributed by atoms with Gasteiger partial charge in [-0.3, -0.25) is 9.69 Å². The van der Waals surface area contributed by atoms with Crippen molar-refractivity contribution >= 4 is 15.9 Å². The van der Waals surface area contributed by atoms with Gasteiger partial charge >= 0.3 is 0 Å². The van der Waals surface area contributed by atoms with Crippen molar-refractivity contribution in [2.75, 3.05) is 46.6 Å². The highest BCUT2D eigenvalue weighted by Gasteiger charge is 2.28. The zero-order chi connectivity index (χ0) is 17.0. The second kappa shape index (κ2) is 7.29. The van der Waals surface area contributed by atoms with Crippen molar-refractivity contribution in [3.05, 3.63) is 29.8 Å². The normalized spacial score (nSPS) is 19.6. The quantitative estimate of drug-likeness (QED) is 0.819. The lowest BCUT2D eigenvalue weighted by Gasteiger charge is -2.39. The van der Waals surface area contributed by atoms with Crippen LogP contribution in [0.25, 0.3) is 0 Å². The second-order valence-corrected chi connectivity index (χ2v) is 7.54. The molecule has 0 aromatic heterocycles. The highest BCUT2D eigenvalue weighted by Crippen LogP contribution is 2.25. The topological polar surface area (TPSA) is 79.0 Å². The van der Waals surface area contributed by atoms with Gasteiger partial charge in [0.05, 0.1) is 26.0 Å². The van der Waals surface area contributed by atoms with Crippen LogP contribution in [0.15, 0.2) is 24.3 Å². The van der Waals surface area contributed by atoms with E-state index in [0.717, 1.165) is 24.1 Å². The molecule has 8 heteroatoms. The molecule has 0 radical (unpaired) electrons. The van der Waals surface area contributed by atoms with Crippen LogP contribution < -0.4 is 9.46 Å². The molecule has 0 aliphatic carbocycles. The first-order valence-corrected chi connectivity index (χ1v) is 9.26. The SMILES string of the molecule is COc1ccc([C@H]2CN(C(=O)CNS(C)(=O)=O)CCN2C)cc1. The van der Waals surface area contributed by atoms with Gasteiger partial charge in [-0.15, -0.1) is 0 Å². The number of ether oxygens (including phenoxy) is 1. The lowest BCUT2D eigenvalue weighted by molar-refractivity contribution is -0.132. The molecule has 1 N–H and O–H groups in total. The third-order valence-corrected chi connectivity index (χ3v) is 4.66. The molecule has 1 fully saturated rings. The number of carbonyl (C=O) groups is 1. The first-order chi connectivity index (χ1) is 10.8. The Morgan fingerprint density at radius 2 is 1.96 bits per heavy atom. The van der Waals surface area contributed by atoms with Crippen molar-refractivity contribution in [1.29, 1.82) is 0 Å². The van der Waals surface area contributed by atoms with Crippen LogP contribution in [0.2, 0.25) is 0 Å². The number of rotatable bonds is 5. The van der Waals surface area contributed by atoms with Gasteiger partial charge in [-0.1, -0.05) is 12.1 Å². The lowest BCUT2D eigenvalue weighted by Crippen LogP contribution is -2.51. The number of benzene rings is 1. The van der Waals surface area contributed by atoms with Crippen LogP contribution in [0.5, 0.6) is 5.75 Å². The molecule has 1 atom stereocenters. The number of nitrogens with zero attached hydrogens (tertiary/aromatic N) is 2. The van der Waals surface area contributed by atoms with Gasteiger partial charge in [0.15, 0.2) is 0 Å². The molecule has 1 aliphatic heterocycles. The van der Waals surface area contributed by atoms with Crippen molar-refractivity contribution in [2.24, 2.45) is 0 Å². The molecule has 1 heterocycles. The Balaban J connectivity index is 2.04. The summed E-state index contributed by atoms with van der Waals surface area (Å²) in [6.07, 6.45) is 1.05. The molecule has 0 saturated carbocycles.